The molecule has 5 heteroatoms. The average Bonchev–Trinajstić information content (AvgIpc) is 2.36. The fourth-order valence-electron chi connectivity index (χ4n) is 1.73. The quantitative estimate of drug-likeness (QED) is 0.801. The number of hydrogen-bond donors (Lipinski definition) is 1. The summed E-state index contributed by atoms with van der Waals surface area (Å²) in [6, 6.07) is 3.48. The first kappa shape index (κ1) is 15.4. The lowest BCUT2D eigenvalue weighted by atomic mass is 10.1. The highest BCUT2D eigenvalue weighted by Gasteiger charge is 2.18. The molecule has 0 saturated heterocycles. The van der Waals surface area contributed by atoms with Crippen molar-refractivity contribution in [2.75, 3.05) is 25.6 Å². The minimum Gasteiger partial charge on any atom is -0.465 e. The number of aryl methyl sites for hydroxylation is 1. The molecular formula is C14H22N2O3. The Labute approximate surface area is 114 Å². The standard InChI is InChI=1S/C14H22N2O3/c1-6-19-14(3,4)9-15-12-8-7-11(10(2)16-12)13(17)18-5/h7-8H,6,9H2,1-5H3,(H,15,16). The highest BCUT2D eigenvalue weighted by molar-refractivity contribution is 5.90. The van der Waals surface area contributed by atoms with Crippen LogP contribution in [0.3, 0.4) is 0 Å². The normalized spacial score (nSPS) is 11.2. The van der Waals surface area contributed by atoms with E-state index in [0.29, 0.717) is 24.4 Å². The van der Waals surface area contributed by atoms with Crippen molar-refractivity contribution in [1.29, 1.82) is 0 Å². The molecule has 106 valence electrons. The predicted octanol–water partition coefficient (Wildman–Crippen LogP) is 2.40. The molecule has 0 bridgehead atoms. The van der Waals surface area contributed by atoms with Crippen LogP contribution in [0.4, 0.5) is 5.82 Å². The van der Waals surface area contributed by atoms with Gasteiger partial charge in [-0.05, 0) is 39.8 Å². The van der Waals surface area contributed by atoms with Gasteiger partial charge in [-0.2, -0.15) is 0 Å². The Bertz CT molecular complexity index is 444. The van der Waals surface area contributed by atoms with E-state index in [1.807, 2.05) is 20.8 Å². The Morgan fingerprint density at radius 1 is 1.42 bits per heavy atom. The lowest BCUT2D eigenvalue weighted by Crippen LogP contribution is -2.33. The van der Waals surface area contributed by atoms with E-state index >= 15 is 0 Å². The third-order valence-corrected chi connectivity index (χ3v) is 2.72. The minimum absolute atomic E-state index is 0.259. The highest BCUT2D eigenvalue weighted by Crippen LogP contribution is 2.14. The second-order valence-corrected chi connectivity index (χ2v) is 4.87. The van der Waals surface area contributed by atoms with E-state index in [1.54, 1.807) is 19.1 Å². The number of carbonyl (C=O) groups is 1. The molecule has 0 atom stereocenters. The summed E-state index contributed by atoms with van der Waals surface area (Å²) in [5.74, 6) is 0.351. The minimum atomic E-state index is -0.369. The number of pyridine rings is 1. The van der Waals surface area contributed by atoms with Crippen molar-refractivity contribution in [3.05, 3.63) is 23.4 Å². The first-order chi connectivity index (χ1) is 8.89. The van der Waals surface area contributed by atoms with Gasteiger partial charge in [-0.1, -0.05) is 0 Å². The number of hydrogen-bond acceptors (Lipinski definition) is 5. The number of anilines is 1. The van der Waals surface area contributed by atoms with E-state index in [0.717, 1.165) is 5.82 Å². The zero-order valence-corrected chi connectivity index (χ0v) is 12.2. The zero-order valence-electron chi connectivity index (χ0n) is 12.2. The van der Waals surface area contributed by atoms with Crippen molar-refractivity contribution >= 4 is 11.8 Å². The molecule has 0 aliphatic carbocycles. The summed E-state index contributed by atoms with van der Waals surface area (Å²) in [7, 11) is 1.36. The van der Waals surface area contributed by atoms with E-state index in [1.165, 1.54) is 7.11 Å². The van der Waals surface area contributed by atoms with Crippen LogP contribution in [0.25, 0.3) is 0 Å². The fraction of sp³-hybridized carbons (Fsp3) is 0.571. The molecule has 0 spiro atoms. The van der Waals surface area contributed by atoms with E-state index in [2.05, 4.69) is 15.0 Å². The number of nitrogens with zero attached hydrogens (tertiary/aromatic N) is 1. The third-order valence-electron chi connectivity index (χ3n) is 2.72. The summed E-state index contributed by atoms with van der Waals surface area (Å²) < 4.78 is 10.3. The number of aromatic nitrogens is 1. The predicted molar refractivity (Wildman–Crippen MR) is 74.5 cm³/mol. The summed E-state index contributed by atoms with van der Waals surface area (Å²) in [5.41, 5.74) is 0.869. The van der Waals surface area contributed by atoms with Crippen LogP contribution in [0, 0.1) is 6.92 Å². The summed E-state index contributed by atoms with van der Waals surface area (Å²) in [6.07, 6.45) is 0. The summed E-state index contributed by atoms with van der Waals surface area (Å²) >= 11 is 0. The van der Waals surface area contributed by atoms with Crippen LogP contribution < -0.4 is 5.32 Å². The van der Waals surface area contributed by atoms with Crippen LogP contribution >= 0.6 is 0 Å². The van der Waals surface area contributed by atoms with Crippen LogP contribution in [0.5, 0.6) is 0 Å². The molecule has 0 fully saturated rings. The van der Waals surface area contributed by atoms with Gasteiger partial charge in [-0.15, -0.1) is 0 Å². The molecule has 0 aliphatic rings. The van der Waals surface area contributed by atoms with Gasteiger partial charge < -0.3 is 14.8 Å². The van der Waals surface area contributed by atoms with Gasteiger partial charge in [0.1, 0.15) is 5.82 Å². The molecule has 19 heavy (non-hydrogen) atoms. The molecule has 1 aromatic heterocycles. The first-order valence-electron chi connectivity index (χ1n) is 6.33. The lowest BCUT2D eigenvalue weighted by molar-refractivity contribution is 0.000631. The van der Waals surface area contributed by atoms with Gasteiger partial charge in [0, 0.05) is 13.2 Å². The number of esters is 1. The van der Waals surface area contributed by atoms with Crippen LogP contribution in [0.1, 0.15) is 36.8 Å². The summed E-state index contributed by atoms with van der Waals surface area (Å²) in [6.45, 7) is 9.09. The molecule has 0 aliphatic heterocycles. The summed E-state index contributed by atoms with van der Waals surface area (Å²) in [4.78, 5) is 15.8. The van der Waals surface area contributed by atoms with Crippen LogP contribution in [-0.2, 0) is 9.47 Å². The zero-order chi connectivity index (χ0) is 14.5. The Morgan fingerprint density at radius 3 is 2.63 bits per heavy atom. The highest BCUT2D eigenvalue weighted by atomic mass is 16.5. The maximum atomic E-state index is 11.4. The SMILES string of the molecule is CCOC(C)(C)CNc1ccc(C(=O)OC)c(C)n1. The maximum absolute atomic E-state index is 11.4. The maximum Gasteiger partial charge on any atom is 0.339 e. The third kappa shape index (κ3) is 4.52. The van der Waals surface area contributed by atoms with E-state index in [9.17, 15) is 4.79 Å². The molecule has 0 aromatic carbocycles. The van der Waals surface area contributed by atoms with Crippen molar-refractivity contribution in [2.45, 2.75) is 33.3 Å². The second kappa shape index (κ2) is 6.52. The Kier molecular flexibility index (Phi) is 5.30. The van der Waals surface area contributed by atoms with E-state index < -0.39 is 0 Å². The van der Waals surface area contributed by atoms with Crippen LogP contribution in [-0.4, -0.2) is 36.8 Å². The molecule has 0 unspecified atom stereocenters. The van der Waals surface area contributed by atoms with Crippen LogP contribution in [0.2, 0.25) is 0 Å². The van der Waals surface area contributed by atoms with Crippen molar-refractivity contribution in [3.8, 4) is 0 Å². The Balaban J connectivity index is 2.71. The molecule has 1 rings (SSSR count). The number of rotatable bonds is 6. The van der Waals surface area contributed by atoms with Gasteiger partial charge >= 0.3 is 5.97 Å². The molecule has 1 N–H and O–H groups in total. The lowest BCUT2D eigenvalue weighted by Gasteiger charge is -2.25. The van der Waals surface area contributed by atoms with Crippen molar-refractivity contribution in [3.63, 3.8) is 0 Å². The Hall–Kier alpha value is -1.62. The van der Waals surface area contributed by atoms with Gasteiger partial charge in [0.15, 0.2) is 0 Å². The van der Waals surface area contributed by atoms with Crippen molar-refractivity contribution in [1.82, 2.24) is 4.98 Å². The average molecular weight is 266 g/mol. The van der Waals surface area contributed by atoms with Crippen LogP contribution in [0.15, 0.2) is 12.1 Å². The van der Waals surface area contributed by atoms with Gasteiger partial charge in [0.2, 0.25) is 0 Å². The van der Waals surface area contributed by atoms with E-state index in [-0.39, 0.29) is 11.6 Å². The molecule has 0 radical (unpaired) electrons. The molecule has 0 amide bonds. The fourth-order valence-corrected chi connectivity index (χ4v) is 1.73. The topological polar surface area (TPSA) is 60.5 Å². The molecule has 5 nitrogen and oxygen atoms in total. The van der Waals surface area contributed by atoms with Crippen molar-refractivity contribution in [2.24, 2.45) is 0 Å². The number of methoxy groups -OCH3 is 1. The van der Waals surface area contributed by atoms with Crippen molar-refractivity contribution < 1.29 is 14.3 Å². The van der Waals surface area contributed by atoms with Gasteiger partial charge in [0.05, 0.1) is 24.0 Å². The molecule has 0 saturated carbocycles. The monoisotopic (exact) mass is 266 g/mol. The second-order valence-electron chi connectivity index (χ2n) is 4.87. The van der Waals surface area contributed by atoms with Gasteiger partial charge in [-0.25, -0.2) is 9.78 Å². The molecular weight excluding hydrogens is 244 g/mol. The largest absolute Gasteiger partial charge is 0.465 e. The Morgan fingerprint density at radius 2 is 2.11 bits per heavy atom. The summed E-state index contributed by atoms with van der Waals surface area (Å²) in [5, 5.41) is 3.21. The number of nitrogens with one attached hydrogen (secondary N) is 1. The first-order valence-corrected chi connectivity index (χ1v) is 6.33. The van der Waals surface area contributed by atoms with Gasteiger partial charge in [0.25, 0.3) is 0 Å². The molecule has 1 aromatic rings. The molecule has 1 heterocycles. The smallest absolute Gasteiger partial charge is 0.339 e. The number of carbonyl (C=O) groups excluding carboxylic acids is 1. The van der Waals surface area contributed by atoms with Gasteiger partial charge in [-0.3, -0.25) is 0 Å². The van der Waals surface area contributed by atoms with E-state index in [4.69, 9.17) is 4.74 Å². The number of ether oxygens (including phenoxy) is 2.